The molecule has 0 aromatic heterocycles. The van der Waals surface area contributed by atoms with Crippen molar-refractivity contribution in [2.75, 3.05) is 20.2 Å². The zero-order valence-electron chi connectivity index (χ0n) is 8.42. The minimum absolute atomic E-state index is 0.705. The highest BCUT2D eigenvalue weighted by atomic mass is 79.9. The number of benzene rings is 1. The summed E-state index contributed by atoms with van der Waals surface area (Å²) in [5, 5.41) is 3.09. The Bertz CT molecular complexity index is 248. The molecule has 0 aliphatic carbocycles. The largest absolute Gasteiger partial charge is 0.377 e. The summed E-state index contributed by atoms with van der Waals surface area (Å²) in [5.74, 6) is 0. The number of ether oxygens (including phenoxy) is 1. The van der Waals surface area contributed by atoms with E-state index in [4.69, 9.17) is 4.74 Å². The van der Waals surface area contributed by atoms with Gasteiger partial charge in [0, 0.05) is 11.1 Å². The molecule has 0 saturated carbocycles. The van der Waals surface area contributed by atoms with Crippen LogP contribution in [-0.2, 0) is 11.3 Å². The van der Waals surface area contributed by atoms with Crippen molar-refractivity contribution in [2.24, 2.45) is 0 Å². The lowest BCUT2D eigenvalue weighted by Gasteiger charge is -2.04. The fraction of sp³-hybridized carbons (Fsp3) is 0.455. The highest BCUT2D eigenvalue weighted by Crippen LogP contribution is 2.11. The second kappa shape index (κ2) is 6.98. The van der Waals surface area contributed by atoms with Gasteiger partial charge in [0.1, 0.15) is 0 Å². The first-order valence-electron chi connectivity index (χ1n) is 4.79. The zero-order chi connectivity index (χ0) is 10.2. The molecular formula is C11H16BrNO. The summed E-state index contributed by atoms with van der Waals surface area (Å²) < 4.78 is 6.61. The molecule has 0 bridgehead atoms. The van der Waals surface area contributed by atoms with Gasteiger partial charge in [0.2, 0.25) is 0 Å². The smallest absolute Gasteiger partial charge is 0.0716 e. The van der Waals surface area contributed by atoms with Crippen molar-refractivity contribution in [3.63, 3.8) is 0 Å². The van der Waals surface area contributed by atoms with E-state index >= 15 is 0 Å². The lowest BCUT2D eigenvalue weighted by atomic mass is 10.2. The first-order chi connectivity index (χ1) is 6.83. The Hall–Kier alpha value is -0.380. The van der Waals surface area contributed by atoms with Gasteiger partial charge in [-0.3, -0.25) is 0 Å². The highest BCUT2D eigenvalue weighted by Gasteiger charge is 1.93. The van der Waals surface area contributed by atoms with Crippen LogP contribution in [0.5, 0.6) is 0 Å². The third kappa shape index (κ3) is 4.74. The van der Waals surface area contributed by atoms with Gasteiger partial charge in [-0.15, -0.1) is 0 Å². The van der Waals surface area contributed by atoms with Gasteiger partial charge in [-0.1, -0.05) is 28.1 Å². The van der Waals surface area contributed by atoms with Crippen molar-refractivity contribution >= 4 is 15.9 Å². The average molecular weight is 258 g/mol. The first kappa shape index (κ1) is 11.7. The summed E-state index contributed by atoms with van der Waals surface area (Å²) >= 11 is 3.40. The Labute approximate surface area is 93.8 Å². The SMILES string of the molecule is CNCCCOCc1ccc(Br)cc1. The van der Waals surface area contributed by atoms with E-state index in [1.807, 2.05) is 19.2 Å². The molecule has 78 valence electrons. The molecule has 1 aromatic carbocycles. The van der Waals surface area contributed by atoms with Crippen LogP contribution < -0.4 is 5.32 Å². The molecule has 0 unspecified atom stereocenters. The lowest BCUT2D eigenvalue weighted by Crippen LogP contribution is -2.10. The van der Waals surface area contributed by atoms with Crippen LogP contribution in [0.15, 0.2) is 28.7 Å². The maximum atomic E-state index is 5.51. The number of rotatable bonds is 6. The van der Waals surface area contributed by atoms with Crippen molar-refractivity contribution in [1.29, 1.82) is 0 Å². The van der Waals surface area contributed by atoms with Crippen molar-refractivity contribution in [2.45, 2.75) is 13.0 Å². The van der Waals surface area contributed by atoms with Gasteiger partial charge in [-0.2, -0.15) is 0 Å². The molecule has 1 rings (SSSR count). The zero-order valence-corrected chi connectivity index (χ0v) is 10.0. The van der Waals surface area contributed by atoms with E-state index in [0.717, 1.165) is 24.0 Å². The maximum Gasteiger partial charge on any atom is 0.0716 e. The van der Waals surface area contributed by atoms with Crippen LogP contribution in [0.3, 0.4) is 0 Å². The average Bonchev–Trinajstić information content (AvgIpc) is 2.21. The molecule has 1 N–H and O–H groups in total. The predicted octanol–water partition coefficient (Wildman–Crippen LogP) is 2.58. The van der Waals surface area contributed by atoms with Crippen molar-refractivity contribution in [3.05, 3.63) is 34.3 Å². The molecule has 0 heterocycles. The normalized spacial score (nSPS) is 10.4. The van der Waals surface area contributed by atoms with Crippen molar-refractivity contribution in [1.82, 2.24) is 5.32 Å². The Balaban J connectivity index is 2.15. The second-order valence-electron chi connectivity index (χ2n) is 3.14. The first-order valence-corrected chi connectivity index (χ1v) is 5.59. The van der Waals surface area contributed by atoms with Crippen LogP contribution in [0, 0.1) is 0 Å². The molecular weight excluding hydrogens is 242 g/mol. The van der Waals surface area contributed by atoms with Crippen LogP contribution in [0.1, 0.15) is 12.0 Å². The Morgan fingerprint density at radius 1 is 1.29 bits per heavy atom. The summed E-state index contributed by atoms with van der Waals surface area (Å²) in [6, 6.07) is 8.21. The van der Waals surface area contributed by atoms with E-state index in [-0.39, 0.29) is 0 Å². The van der Waals surface area contributed by atoms with E-state index < -0.39 is 0 Å². The molecule has 0 saturated heterocycles. The second-order valence-corrected chi connectivity index (χ2v) is 4.05. The van der Waals surface area contributed by atoms with Crippen LogP contribution in [0.4, 0.5) is 0 Å². The third-order valence-corrected chi connectivity index (χ3v) is 2.43. The van der Waals surface area contributed by atoms with E-state index in [1.165, 1.54) is 5.56 Å². The molecule has 0 atom stereocenters. The number of hydrogen-bond donors (Lipinski definition) is 1. The third-order valence-electron chi connectivity index (χ3n) is 1.90. The quantitative estimate of drug-likeness (QED) is 0.792. The van der Waals surface area contributed by atoms with Crippen molar-refractivity contribution < 1.29 is 4.74 Å². The molecule has 1 aromatic rings. The number of nitrogens with one attached hydrogen (secondary N) is 1. The molecule has 14 heavy (non-hydrogen) atoms. The summed E-state index contributed by atoms with van der Waals surface area (Å²) in [6.45, 7) is 2.54. The maximum absolute atomic E-state index is 5.51. The minimum Gasteiger partial charge on any atom is -0.377 e. The predicted molar refractivity (Wildman–Crippen MR) is 62.3 cm³/mol. The molecule has 2 nitrogen and oxygen atoms in total. The summed E-state index contributed by atoms with van der Waals surface area (Å²) in [5.41, 5.74) is 1.22. The standard InChI is InChI=1S/C11H16BrNO/c1-13-7-2-8-14-9-10-3-5-11(12)6-4-10/h3-6,13H,2,7-9H2,1H3. The minimum atomic E-state index is 0.705. The molecule has 0 fully saturated rings. The van der Waals surface area contributed by atoms with E-state index in [9.17, 15) is 0 Å². The monoisotopic (exact) mass is 257 g/mol. The van der Waals surface area contributed by atoms with Crippen LogP contribution in [0.25, 0.3) is 0 Å². The number of halogens is 1. The van der Waals surface area contributed by atoms with E-state index in [2.05, 4.69) is 33.4 Å². The van der Waals surface area contributed by atoms with Gasteiger partial charge < -0.3 is 10.1 Å². The lowest BCUT2D eigenvalue weighted by molar-refractivity contribution is 0.119. The molecule has 0 amide bonds. The summed E-state index contributed by atoms with van der Waals surface area (Å²) in [6.07, 6.45) is 1.06. The summed E-state index contributed by atoms with van der Waals surface area (Å²) in [7, 11) is 1.95. The molecule has 0 aliphatic rings. The molecule has 3 heteroatoms. The topological polar surface area (TPSA) is 21.3 Å². The van der Waals surface area contributed by atoms with Gasteiger partial charge in [-0.05, 0) is 37.7 Å². The van der Waals surface area contributed by atoms with Gasteiger partial charge >= 0.3 is 0 Å². The summed E-state index contributed by atoms with van der Waals surface area (Å²) in [4.78, 5) is 0. The van der Waals surface area contributed by atoms with Crippen LogP contribution in [0.2, 0.25) is 0 Å². The van der Waals surface area contributed by atoms with E-state index in [0.29, 0.717) is 6.61 Å². The van der Waals surface area contributed by atoms with Gasteiger partial charge in [0.15, 0.2) is 0 Å². The molecule has 0 radical (unpaired) electrons. The Morgan fingerprint density at radius 3 is 2.64 bits per heavy atom. The number of hydrogen-bond acceptors (Lipinski definition) is 2. The van der Waals surface area contributed by atoms with Crippen LogP contribution in [-0.4, -0.2) is 20.2 Å². The van der Waals surface area contributed by atoms with Crippen LogP contribution >= 0.6 is 15.9 Å². The van der Waals surface area contributed by atoms with Gasteiger partial charge in [-0.25, -0.2) is 0 Å². The Morgan fingerprint density at radius 2 is 2.00 bits per heavy atom. The van der Waals surface area contributed by atoms with Gasteiger partial charge in [0.05, 0.1) is 6.61 Å². The fourth-order valence-electron chi connectivity index (χ4n) is 1.12. The Kier molecular flexibility index (Phi) is 5.83. The van der Waals surface area contributed by atoms with Gasteiger partial charge in [0.25, 0.3) is 0 Å². The fourth-order valence-corrected chi connectivity index (χ4v) is 1.39. The van der Waals surface area contributed by atoms with E-state index in [1.54, 1.807) is 0 Å². The molecule has 0 aliphatic heterocycles. The highest BCUT2D eigenvalue weighted by molar-refractivity contribution is 9.10. The van der Waals surface area contributed by atoms with Crippen molar-refractivity contribution in [3.8, 4) is 0 Å². The molecule has 0 spiro atoms.